The molecule has 1 aliphatic carbocycles. The molecule has 0 radical (unpaired) electrons. The molecule has 184 valence electrons. The predicted octanol–water partition coefficient (Wildman–Crippen LogP) is 4.98. The molecule has 7 heteroatoms. The number of esters is 1. The van der Waals surface area contributed by atoms with Gasteiger partial charge in [-0.25, -0.2) is 4.98 Å². The third kappa shape index (κ3) is 6.15. The zero-order valence-corrected chi connectivity index (χ0v) is 20.6. The van der Waals surface area contributed by atoms with Crippen molar-refractivity contribution in [3.05, 3.63) is 75.1 Å². The smallest absolute Gasteiger partial charge is 0.306 e. The minimum atomic E-state index is -0.431. The first-order valence-electron chi connectivity index (χ1n) is 12.4. The highest BCUT2D eigenvalue weighted by Crippen LogP contribution is 2.23. The Hall–Kier alpha value is -3.48. The van der Waals surface area contributed by atoms with Crippen molar-refractivity contribution < 1.29 is 14.3 Å². The van der Waals surface area contributed by atoms with E-state index >= 15 is 0 Å². The van der Waals surface area contributed by atoms with Gasteiger partial charge in [-0.15, -0.1) is 0 Å². The Morgan fingerprint density at radius 1 is 1.14 bits per heavy atom. The van der Waals surface area contributed by atoms with Crippen molar-refractivity contribution in [3.8, 4) is 0 Å². The average Bonchev–Trinajstić information content (AvgIpc) is 3.15. The van der Waals surface area contributed by atoms with E-state index in [2.05, 4.69) is 20.6 Å². The molecule has 0 amide bonds. The second-order valence-electron chi connectivity index (χ2n) is 9.26. The Morgan fingerprint density at radius 2 is 1.97 bits per heavy atom. The molecule has 0 bridgehead atoms. The van der Waals surface area contributed by atoms with Crippen LogP contribution in [0.3, 0.4) is 0 Å². The molecule has 4 rings (SSSR count). The van der Waals surface area contributed by atoms with E-state index in [9.17, 15) is 14.4 Å². The summed E-state index contributed by atoms with van der Waals surface area (Å²) in [6.07, 6.45) is 9.33. The lowest BCUT2D eigenvalue weighted by Gasteiger charge is -2.15. The molecule has 0 aliphatic heterocycles. The van der Waals surface area contributed by atoms with E-state index in [4.69, 9.17) is 4.74 Å². The summed E-state index contributed by atoms with van der Waals surface area (Å²) >= 11 is 0. The number of hydrogen-bond acceptors (Lipinski definition) is 5. The third-order valence-corrected chi connectivity index (χ3v) is 6.74. The van der Waals surface area contributed by atoms with Crippen molar-refractivity contribution in [2.24, 2.45) is 0 Å². The van der Waals surface area contributed by atoms with E-state index in [0.717, 1.165) is 24.4 Å². The number of rotatable bonds is 10. The van der Waals surface area contributed by atoms with Gasteiger partial charge < -0.3 is 14.3 Å². The van der Waals surface area contributed by atoms with E-state index in [-0.39, 0.29) is 24.4 Å². The van der Waals surface area contributed by atoms with Gasteiger partial charge in [0, 0.05) is 36.3 Å². The highest BCUT2D eigenvalue weighted by Gasteiger charge is 2.18. The topological polar surface area (TPSA) is 94.1 Å². The Bertz CT molecular complexity index is 1320. The SMILES string of the molecule is Cc1cc(C(=O)COC(=O)CCCc2nc3ccccc3c(=O)[nH]2)c(C)n1CCC1=CCCCC1. The molecule has 0 fully saturated rings. The normalized spacial score (nSPS) is 13.6. The number of aryl methyl sites for hydroxylation is 2. The number of carbonyl (C=O) groups is 2. The number of hydrogen-bond donors (Lipinski definition) is 1. The number of allylic oxidation sites excluding steroid dienone is 2. The van der Waals surface area contributed by atoms with Crippen molar-refractivity contribution in [2.75, 3.05) is 6.61 Å². The number of carbonyl (C=O) groups excluding carboxylic acids is 2. The zero-order valence-electron chi connectivity index (χ0n) is 20.6. The molecule has 0 spiro atoms. The molecule has 35 heavy (non-hydrogen) atoms. The van der Waals surface area contributed by atoms with E-state index in [1.165, 1.54) is 31.3 Å². The van der Waals surface area contributed by atoms with Crippen LogP contribution < -0.4 is 5.56 Å². The van der Waals surface area contributed by atoms with Gasteiger partial charge in [-0.3, -0.25) is 14.4 Å². The van der Waals surface area contributed by atoms with Crippen molar-refractivity contribution in [1.29, 1.82) is 0 Å². The number of para-hydroxylation sites is 1. The van der Waals surface area contributed by atoms with Crippen LogP contribution in [0.1, 0.15) is 72.5 Å². The summed E-state index contributed by atoms with van der Waals surface area (Å²) in [4.78, 5) is 44.3. The van der Waals surface area contributed by atoms with Gasteiger partial charge in [-0.1, -0.05) is 23.8 Å². The maximum Gasteiger partial charge on any atom is 0.306 e. The lowest BCUT2D eigenvalue weighted by atomic mass is 9.97. The number of ketones is 1. The molecule has 0 unspecified atom stereocenters. The Labute approximate surface area is 205 Å². The van der Waals surface area contributed by atoms with Crippen molar-refractivity contribution in [1.82, 2.24) is 14.5 Å². The summed E-state index contributed by atoms with van der Waals surface area (Å²) < 4.78 is 7.43. The van der Waals surface area contributed by atoms with Gasteiger partial charge in [0.15, 0.2) is 6.61 Å². The average molecular weight is 476 g/mol. The molecule has 7 nitrogen and oxygen atoms in total. The quantitative estimate of drug-likeness (QED) is 0.254. The van der Waals surface area contributed by atoms with E-state index in [0.29, 0.717) is 35.1 Å². The summed E-state index contributed by atoms with van der Waals surface area (Å²) in [6, 6.07) is 9.04. The van der Waals surface area contributed by atoms with Crippen LogP contribution in [0.15, 0.2) is 46.8 Å². The number of nitrogens with zero attached hydrogens (tertiary/aromatic N) is 2. The fraction of sp³-hybridized carbons (Fsp3) is 0.429. The van der Waals surface area contributed by atoms with Crippen molar-refractivity contribution in [3.63, 3.8) is 0 Å². The molecule has 1 N–H and O–H groups in total. The minimum Gasteiger partial charge on any atom is -0.457 e. The van der Waals surface area contributed by atoms with Crippen LogP contribution in [0.4, 0.5) is 0 Å². The van der Waals surface area contributed by atoms with Crippen molar-refractivity contribution >= 4 is 22.7 Å². The Balaban J connectivity index is 1.25. The van der Waals surface area contributed by atoms with Crippen LogP contribution in [0.5, 0.6) is 0 Å². The van der Waals surface area contributed by atoms with Gasteiger partial charge >= 0.3 is 5.97 Å². The number of ether oxygens (including phenoxy) is 1. The Morgan fingerprint density at radius 3 is 2.77 bits per heavy atom. The second kappa shape index (κ2) is 11.3. The maximum absolute atomic E-state index is 12.7. The summed E-state index contributed by atoms with van der Waals surface area (Å²) in [6.45, 7) is 4.56. The second-order valence-corrected chi connectivity index (χ2v) is 9.26. The molecule has 0 saturated carbocycles. The van der Waals surface area contributed by atoms with Gasteiger partial charge in [0.25, 0.3) is 5.56 Å². The van der Waals surface area contributed by atoms with Crippen LogP contribution in [-0.2, 0) is 22.5 Å². The van der Waals surface area contributed by atoms with Crippen LogP contribution in [-0.4, -0.2) is 32.9 Å². The highest BCUT2D eigenvalue weighted by molar-refractivity contribution is 5.99. The van der Waals surface area contributed by atoms with Gasteiger partial charge in [-0.05, 0) is 70.6 Å². The van der Waals surface area contributed by atoms with E-state index in [1.807, 2.05) is 26.0 Å². The van der Waals surface area contributed by atoms with Gasteiger partial charge in [0.2, 0.25) is 5.78 Å². The highest BCUT2D eigenvalue weighted by atomic mass is 16.5. The standard InChI is InChI=1S/C28H33N3O4/c1-19-17-23(20(2)31(19)16-15-21-9-4-3-5-10-21)25(32)18-35-27(33)14-8-13-26-29-24-12-7-6-11-22(24)28(34)30-26/h6-7,9,11-12,17H,3-5,8,10,13-16,18H2,1-2H3,(H,29,30,34). The molecule has 1 aromatic carbocycles. The summed E-state index contributed by atoms with van der Waals surface area (Å²) in [7, 11) is 0. The van der Waals surface area contributed by atoms with Gasteiger partial charge in [-0.2, -0.15) is 0 Å². The number of nitrogens with one attached hydrogen (secondary N) is 1. The molecule has 2 heterocycles. The van der Waals surface area contributed by atoms with Crippen molar-refractivity contribution in [2.45, 2.75) is 71.8 Å². The number of fused-ring (bicyclic) bond motifs is 1. The molecule has 0 atom stereocenters. The lowest BCUT2D eigenvalue weighted by Crippen LogP contribution is -2.16. The minimum absolute atomic E-state index is 0.151. The number of benzene rings is 1. The van der Waals surface area contributed by atoms with Crippen LogP contribution in [0.25, 0.3) is 10.9 Å². The van der Waals surface area contributed by atoms with E-state index in [1.54, 1.807) is 18.2 Å². The molecule has 1 aliphatic rings. The molecule has 2 aromatic heterocycles. The largest absolute Gasteiger partial charge is 0.457 e. The number of Topliss-reactive ketones (excluding diaryl/α,β-unsaturated/α-hetero) is 1. The summed E-state index contributed by atoms with van der Waals surface area (Å²) in [5.74, 6) is -0.0800. The van der Waals surface area contributed by atoms with Crippen LogP contribution in [0, 0.1) is 13.8 Å². The summed E-state index contributed by atoms with van der Waals surface area (Å²) in [5, 5.41) is 0.541. The Kier molecular flexibility index (Phi) is 7.95. The number of aromatic amines is 1. The fourth-order valence-electron chi connectivity index (χ4n) is 4.76. The fourth-order valence-corrected chi connectivity index (χ4v) is 4.76. The molecular formula is C28H33N3O4. The number of H-pyrrole nitrogens is 1. The van der Waals surface area contributed by atoms with Gasteiger partial charge in [0.1, 0.15) is 5.82 Å². The van der Waals surface area contributed by atoms with E-state index < -0.39 is 5.97 Å². The molecule has 0 saturated heterocycles. The maximum atomic E-state index is 12.7. The molecular weight excluding hydrogens is 442 g/mol. The first-order valence-corrected chi connectivity index (χ1v) is 12.4. The first-order chi connectivity index (χ1) is 16.9. The third-order valence-electron chi connectivity index (χ3n) is 6.74. The first kappa shape index (κ1) is 24.6. The molecule has 3 aromatic rings. The monoisotopic (exact) mass is 475 g/mol. The summed E-state index contributed by atoms with van der Waals surface area (Å²) in [5.41, 5.74) is 4.54. The lowest BCUT2D eigenvalue weighted by molar-refractivity contribution is -0.142. The van der Waals surface area contributed by atoms with Crippen LogP contribution in [0.2, 0.25) is 0 Å². The zero-order chi connectivity index (χ0) is 24.8. The number of aromatic nitrogens is 3. The van der Waals surface area contributed by atoms with Crippen LogP contribution >= 0.6 is 0 Å². The predicted molar refractivity (Wildman–Crippen MR) is 136 cm³/mol. The van der Waals surface area contributed by atoms with Gasteiger partial charge in [0.05, 0.1) is 10.9 Å².